The summed E-state index contributed by atoms with van der Waals surface area (Å²) in [4.78, 5) is 36.7. The van der Waals surface area contributed by atoms with Crippen LogP contribution in [0.1, 0.15) is 32.6 Å². The Kier molecular flexibility index (Phi) is 7.74. The first-order chi connectivity index (χ1) is 8.38. The Morgan fingerprint density at radius 1 is 1.06 bits per heavy atom. The van der Waals surface area contributed by atoms with Gasteiger partial charge in [-0.1, -0.05) is 6.92 Å². The van der Waals surface area contributed by atoms with E-state index in [1.54, 1.807) is 14.1 Å². The third-order valence-corrected chi connectivity index (χ3v) is 2.45. The van der Waals surface area contributed by atoms with Crippen molar-refractivity contribution in [3.8, 4) is 0 Å². The number of carbonyl (C=O) groups is 3. The zero-order valence-electron chi connectivity index (χ0n) is 11.3. The number of hydrogen-bond donors (Lipinski definition) is 1. The van der Waals surface area contributed by atoms with Gasteiger partial charge in [-0.2, -0.15) is 0 Å². The van der Waals surface area contributed by atoms with Gasteiger partial charge in [-0.25, -0.2) is 0 Å². The molecular formula is C12H22N2O4. The zero-order chi connectivity index (χ0) is 14.1. The molecule has 0 atom stereocenters. The van der Waals surface area contributed by atoms with Crippen molar-refractivity contribution in [1.82, 2.24) is 9.80 Å². The summed E-state index contributed by atoms with van der Waals surface area (Å²) in [6, 6.07) is 0. The number of aliphatic carboxylic acids is 1. The summed E-state index contributed by atoms with van der Waals surface area (Å²) >= 11 is 0. The average Bonchev–Trinajstić information content (AvgIpc) is 2.27. The summed E-state index contributed by atoms with van der Waals surface area (Å²) in [5.41, 5.74) is 0. The van der Waals surface area contributed by atoms with Crippen LogP contribution in [0.4, 0.5) is 0 Å². The van der Waals surface area contributed by atoms with E-state index >= 15 is 0 Å². The molecule has 0 saturated carbocycles. The van der Waals surface area contributed by atoms with Crippen LogP contribution in [0.25, 0.3) is 0 Å². The van der Waals surface area contributed by atoms with Crippen LogP contribution >= 0.6 is 0 Å². The summed E-state index contributed by atoms with van der Waals surface area (Å²) in [7, 11) is 3.28. The van der Waals surface area contributed by atoms with Gasteiger partial charge in [-0.15, -0.1) is 0 Å². The maximum Gasteiger partial charge on any atom is 0.303 e. The summed E-state index contributed by atoms with van der Waals surface area (Å²) in [6.07, 6.45) is 1.23. The molecule has 0 heterocycles. The first kappa shape index (κ1) is 16.4. The lowest BCUT2D eigenvalue weighted by Crippen LogP contribution is -2.40. The van der Waals surface area contributed by atoms with Gasteiger partial charge in [0, 0.05) is 33.5 Å². The van der Waals surface area contributed by atoms with Crippen molar-refractivity contribution in [3.05, 3.63) is 0 Å². The fourth-order valence-electron chi connectivity index (χ4n) is 1.42. The standard InChI is InChI=1S/C12H22N2O4/c1-4-8-14(9-11(16)13(2)3)10(15)6-5-7-12(17)18/h4-9H2,1-3H3,(H,17,18). The monoisotopic (exact) mass is 258 g/mol. The minimum absolute atomic E-state index is 0.0205. The van der Waals surface area contributed by atoms with Gasteiger partial charge in [-0.05, 0) is 12.8 Å². The van der Waals surface area contributed by atoms with Crippen LogP contribution in [-0.4, -0.2) is 59.9 Å². The number of carbonyl (C=O) groups excluding carboxylic acids is 2. The van der Waals surface area contributed by atoms with Gasteiger partial charge in [0.15, 0.2) is 0 Å². The van der Waals surface area contributed by atoms with E-state index < -0.39 is 5.97 Å². The lowest BCUT2D eigenvalue weighted by Gasteiger charge is -2.23. The van der Waals surface area contributed by atoms with E-state index in [1.807, 2.05) is 6.92 Å². The smallest absolute Gasteiger partial charge is 0.303 e. The number of rotatable bonds is 8. The van der Waals surface area contributed by atoms with E-state index in [2.05, 4.69) is 0 Å². The van der Waals surface area contributed by atoms with Gasteiger partial charge in [0.2, 0.25) is 11.8 Å². The summed E-state index contributed by atoms with van der Waals surface area (Å²) in [5, 5.41) is 8.50. The van der Waals surface area contributed by atoms with Crippen LogP contribution in [0.2, 0.25) is 0 Å². The molecule has 2 amide bonds. The molecule has 0 rings (SSSR count). The molecule has 1 N–H and O–H groups in total. The molecule has 0 fully saturated rings. The van der Waals surface area contributed by atoms with Crippen LogP contribution < -0.4 is 0 Å². The molecule has 0 aliphatic carbocycles. The predicted molar refractivity (Wildman–Crippen MR) is 67.1 cm³/mol. The van der Waals surface area contributed by atoms with Gasteiger partial charge < -0.3 is 14.9 Å². The molecule has 0 radical (unpaired) electrons. The van der Waals surface area contributed by atoms with Crippen molar-refractivity contribution in [2.75, 3.05) is 27.2 Å². The Hall–Kier alpha value is -1.59. The molecule has 0 spiro atoms. The minimum Gasteiger partial charge on any atom is -0.481 e. The van der Waals surface area contributed by atoms with Crippen molar-refractivity contribution in [2.24, 2.45) is 0 Å². The van der Waals surface area contributed by atoms with Crippen LogP contribution in [0.3, 0.4) is 0 Å². The van der Waals surface area contributed by atoms with E-state index in [0.29, 0.717) is 13.0 Å². The lowest BCUT2D eigenvalue weighted by atomic mass is 10.2. The third-order valence-electron chi connectivity index (χ3n) is 2.45. The van der Waals surface area contributed by atoms with Crippen LogP contribution in [0.5, 0.6) is 0 Å². The topological polar surface area (TPSA) is 77.9 Å². The van der Waals surface area contributed by atoms with E-state index in [1.165, 1.54) is 9.80 Å². The Labute approximate surface area is 108 Å². The number of nitrogens with zero attached hydrogens (tertiary/aromatic N) is 2. The normalized spacial score (nSPS) is 9.94. The first-order valence-corrected chi connectivity index (χ1v) is 6.08. The summed E-state index contributed by atoms with van der Waals surface area (Å²) < 4.78 is 0. The molecule has 104 valence electrons. The van der Waals surface area contributed by atoms with Crippen molar-refractivity contribution < 1.29 is 19.5 Å². The lowest BCUT2D eigenvalue weighted by molar-refractivity contribution is -0.140. The fourth-order valence-corrected chi connectivity index (χ4v) is 1.42. The van der Waals surface area contributed by atoms with E-state index in [-0.39, 0.29) is 31.2 Å². The van der Waals surface area contributed by atoms with Crippen LogP contribution in [0, 0.1) is 0 Å². The van der Waals surface area contributed by atoms with Crippen LogP contribution in [0.15, 0.2) is 0 Å². The second-order valence-corrected chi connectivity index (χ2v) is 4.35. The zero-order valence-corrected chi connectivity index (χ0v) is 11.3. The van der Waals surface area contributed by atoms with Gasteiger partial charge >= 0.3 is 5.97 Å². The van der Waals surface area contributed by atoms with Crippen LogP contribution in [-0.2, 0) is 14.4 Å². The molecule has 0 saturated heterocycles. The molecule has 6 heteroatoms. The number of carboxylic acids is 1. The Bertz CT molecular complexity index is 302. The molecule has 0 aromatic rings. The third kappa shape index (κ3) is 6.88. The summed E-state index contributed by atoms with van der Waals surface area (Å²) in [5.74, 6) is -1.20. The van der Waals surface area contributed by atoms with Gasteiger partial charge in [-0.3, -0.25) is 14.4 Å². The van der Waals surface area contributed by atoms with Crippen molar-refractivity contribution in [1.29, 1.82) is 0 Å². The molecule has 0 aliphatic rings. The second kappa shape index (κ2) is 8.49. The van der Waals surface area contributed by atoms with Crippen molar-refractivity contribution >= 4 is 17.8 Å². The maximum absolute atomic E-state index is 11.8. The quantitative estimate of drug-likeness (QED) is 0.690. The molecule has 18 heavy (non-hydrogen) atoms. The molecule has 0 unspecified atom stereocenters. The molecule has 0 aromatic carbocycles. The number of hydrogen-bond acceptors (Lipinski definition) is 3. The highest BCUT2D eigenvalue weighted by molar-refractivity contribution is 5.84. The Balaban J connectivity index is 4.26. The highest BCUT2D eigenvalue weighted by atomic mass is 16.4. The average molecular weight is 258 g/mol. The van der Waals surface area contributed by atoms with Gasteiger partial charge in [0.05, 0.1) is 6.54 Å². The largest absolute Gasteiger partial charge is 0.481 e. The highest BCUT2D eigenvalue weighted by Gasteiger charge is 2.17. The Morgan fingerprint density at radius 2 is 1.67 bits per heavy atom. The van der Waals surface area contributed by atoms with Gasteiger partial charge in [0.25, 0.3) is 0 Å². The first-order valence-electron chi connectivity index (χ1n) is 6.08. The van der Waals surface area contributed by atoms with E-state index in [4.69, 9.17) is 5.11 Å². The van der Waals surface area contributed by atoms with Gasteiger partial charge in [0.1, 0.15) is 0 Å². The number of amides is 2. The fraction of sp³-hybridized carbons (Fsp3) is 0.750. The maximum atomic E-state index is 11.8. The summed E-state index contributed by atoms with van der Waals surface area (Å²) in [6.45, 7) is 2.51. The number of likely N-dealkylation sites (N-methyl/N-ethyl adjacent to an activating group) is 1. The molecule has 0 aliphatic heterocycles. The molecular weight excluding hydrogens is 236 g/mol. The van der Waals surface area contributed by atoms with Crippen molar-refractivity contribution in [3.63, 3.8) is 0 Å². The minimum atomic E-state index is -0.908. The molecule has 0 bridgehead atoms. The predicted octanol–water partition coefficient (Wildman–Crippen LogP) is 0.568. The molecule has 0 aromatic heterocycles. The second-order valence-electron chi connectivity index (χ2n) is 4.35. The SMILES string of the molecule is CCCN(CC(=O)N(C)C)C(=O)CCCC(=O)O. The van der Waals surface area contributed by atoms with E-state index in [9.17, 15) is 14.4 Å². The highest BCUT2D eigenvalue weighted by Crippen LogP contribution is 2.03. The number of carboxylic acid groups (broad SMARTS) is 1. The Morgan fingerprint density at radius 3 is 2.11 bits per heavy atom. The molecule has 6 nitrogen and oxygen atoms in total. The van der Waals surface area contributed by atoms with E-state index in [0.717, 1.165) is 6.42 Å². The van der Waals surface area contributed by atoms with Crippen molar-refractivity contribution in [2.45, 2.75) is 32.6 Å².